The van der Waals surface area contributed by atoms with Crippen molar-refractivity contribution in [2.24, 2.45) is 0 Å². The number of aromatic nitrogens is 4. The molecule has 0 radical (unpaired) electrons. The van der Waals surface area contributed by atoms with Crippen LogP contribution in [0.3, 0.4) is 0 Å². The van der Waals surface area contributed by atoms with Crippen molar-refractivity contribution < 1.29 is 4.39 Å². The molecule has 0 spiro atoms. The van der Waals surface area contributed by atoms with Crippen molar-refractivity contribution >= 4 is 17.3 Å². The molecular formula is C26H22FN7S. The molecule has 2 aliphatic rings. The van der Waals surface area contributed by atoms with E-state index in [1.54, 1.807) is 16.8 Å². The summed E-state index contributed by atoms with van der Waals surface area (Å²) in [6.07, 6.45) is 10.0. The summed E-state index contributed by atoms with van der Waals surface area (Å²) in [6, 6.07) is 12.0. The molecule has 2 unspecified atom stereocenters. The molecule has 2 aliphatic heterocycles. The third kappa shape index (κ3) is 3.78. The number of piperidine rings is 1. The first kappa shape index (κ1) is 21.8. The van der Waals surface area contributed by atoms with E-state index < -0.39 is 5.82 Å². The van der Waals surface area contributed by atoms with Crippen molar-refractivity contribution in [3.63, 3.8) is 0 Å². The highest BCUT2D eigenvalue weighted by Gasteiger charge is 2.35. The van der Waals surface area contributed by atoms with Crippen molar-refractivity contribution in [3.05, 3.63) is 65.5 Å². The number of nitriles is 2. The van der Waals surface area contributed by atoms with Gasteiger partial charge in [0.25, 0.3) is 0 Å². The predicted octanol–water partition coefficient (Wildman–Crippen LogP) is 5.00. The van der Waals surface area contributed by atoms with Crippen molar-refractivity contribution in [1.29, 1.82) is 10.5 Å². The van der Waals surface area contributed by atoms with Crippen LogP contribution in [-0.2, 0) is 0 Å². The molecule has 0 aliphatic carbocycles. The van der Waals surface area contributed by atoms with Gasteiger partial charge in [-0.05, 0) is 56.9 Å². The van der Waals surface area contributed by atoms with Crippen LogP contribution in [0.2, 0.25) is 0 Å². The number of fused-ring (bicyclic) bond motifs is 3. The third-order valence-corrected chi connectivity index (χ3v) is 8.24. The summed E-state index contributed by atoms with van der Waals surface area (Å²) >= 11 is 1.33. The second-order valence-corrected chi connectivity index (χ2v) is 10.3. The first-order chi connectivity index (χ1) is 17.0. The quantitative estimate of drug-likeness (QED) is 0.439. The number of benzene rings is 1. The summed E-state index contributed by atoms with van der Waals surface area (Å²) in [5, 5.41) is 32.0. The topological polar surface area (TPSA) is 94.7 Å². The average Bonchev–Trinajstić information content (AvgIpc) is 3.56. The average molecular weight is 484 g/mol. The third-order valence-electron chi connectivity index (χ3n) is 7.13. The fourth-order valence-electron chi connectivity index (χ4n) is 5.49. The lowest BCUT2D eigenvalue weighted by Crippen LogP contribution is -2.39. The summed E-state index contributed by atoms with van der Waals surface area (Å²) in [7, 11) is 0. The largest absolute Gasteiger partial charge is 0.311 e. The summed E-state index contributed by atoms with van der Waals surface area (Å²) < 4.78 is 17.6. The first-order valence-corrected chi connectivity index (χ1v) is 12.4. The number of pyridine rings is 1. The van der Waals surface area contributed by atoms with Crippen LogP contribution in [0.25, 0.3) is 16.6 Å². The van der Waals surface area contributed by atoms with Crippen LogP contribution in [0.1, 0.15) is 48.5 Å². The molecule has 2 saturated heterocycles. The second kappa shape index (κ2) is 8.53. The normalized spacial score (nSPS) is 21.2. The molecule has 3 aromatic heterocycles. The molecule has 2 atom stereocenters. The van der Waals surface area contributed by atoms with Gasteiger partial charge in [0.05, 0.1) is 35.1 Å². The SMILES string of the molecule is Cc1c(-c2cc(Sc3ccc(F)cc3C#N)c3c(C#N)cnn3c2)cnn1C1CC2CCC(C1)N2. The molecule has 2 fully saturated rings. The van der Waals surface area contributed by atoms with E-state index in [2.05, 4.69) is 34.2 Å². The van der Waals surface area contributed by atoms with Crippen LogP contribution in [0.5, 0.6) is 0 Å². The van der Waals surface area contributed by atoms with E-state index in [0.29, 0.717) is 34.1 Å². The molecule has 0 amide bonds. The van der Waals surface area contributed by atoms with Crippen molar-refractivity contribution in [2.45, 2.75) is 60.5 Å². The van der Waals surface area contributed by atoms with Crippen LogP contribution in [0.4, 0.5) is 4.39 Å². The van der Waals surface area contributed by atoms with Gasteiger partial charge in [-0.1, -0.05) is 11.8 Å². The minimum absolute atomic E-state index is 0.251. The summed E-state index contributed by atoms with van der Waals surface area (Å²) in [6.45, 7) is 2.10. The number of nitrogens with one attached hydrogen (secondary N) is 1. The molecule has 5 heterocycles. The van der Waals surface area contributed by atoms with Gasteiger partial charge in [-0.2, -0.15) is 20.7 Å². The Balaban J connectivity index is 1.43. The van der Waals surface area contributed by atoms with E-state index in [1.807, 2.05) is 18.5 Å². The molecule has 7 nitrogen and oxygen atoms in total. The number of nitrogens with zero attached hydrogens (tertiary/aromatic N) is 6. The lowest BCUT2D eigenvalue weighted by molar-refractivity contribution is 0.278. The molecule has 9 heteroatoms. The lowest BCUT2D eigenvalue weighted by atomic mass is 9.99. The summed E-state index contributed by atoms with van der Waals surface area (Å²) in [4.78, 5) is 1.39. The maximum atomic E-state index is 13.7. The van der Waals surface area contributed by atoms with Gasteiger partial charge in [0.15, 0.2) is 0 Å². The molecule has 4 aromatic rings. The van der Waals surface area contributed by atoms with E-state index in [-0.39, 0.29) is 5.56 Å². The van der Waals surface area contributed by atoms with Crippen LogP contribution < -0.4 is 5.32 Å². The van der Waals surface area contributed by atoms with Gasteiger partial charge >= 0.3 is 0 Å². The fraction of sp³-hybridized carbons (Fsp3) is 0.308. The minimum atomic E-state index is -0.457. The van der Waals surface area contributed by atoms with E-state index in [1.165, 1.54) is 36.7 Å². The molecule has 2 bridgehead atoms. The standard InChI is InChI=1S/C26H22FN7S/c1-15-23(13-31-34(15)22-8-20-3-4-21(9-22)32-20)17-7-25(26-18(11-29)12-30-33(26)14-17)35-24-5-2-19(27)6-16(24)10-28/h2,5-7,12-14,20-22,32H,3-4,8-9H2,1H3. The van der Waals surface area contributed by atoms with Gasteiger partial charge in [0.2, 0.25) is 0 Å². The highest BCUT2D eigenvalue weighted by molar-refractivity contribution is 7.99. The van der Waals surface area contributed by atoms with Crippen LogP contribution >= 0.6 is 11.8 Å². The first-order valence-electron chi connectivity index (χ1n) is 11.6. The van der Waals surface area contributed by atoms with E-state index in [9.17, 15) is 14.9 Å². The van der Waals surface area contributed by atoms with Gasteiger partial charge in [-0.25, -0.2) is 8.91 Å². The maximum absolute atomic E-state index is 13.7. The Morgan fingerprint density at radius 2 is 1.80 bits per heavy atom. The number of hydrogen-bond donors (Lipinski definition) is 1. The van der Waals surface area contributed by atoms with Gasteiger partial charge < -0.3 is 5.32 Å². The number of halogens is 1. The summed E-state index contributed by atoms with van der Waals surface area (Å²) in [5.74, 6) is -0.457. The molecular weight excluding hydrogens is 461 g/mol. The Morgan fingerprint density at radius 3 is 2.54 bits per heavy atom. The minimum Gasteiger partial charge on any atom is -0.311 e. The molecule has 6 rings (SSSR count). The Bertz CT molecular complexity index is 1530. The van der Waals surface area contributed by atoms with Crippen LogP contribution in [0.15, 0.2) is 52.6 Å². The molecule has 1 N–H and O–H groups in total. The van der Waals surface area contributed by atoms with Crippen molar-refractivity contribution in [2.75, 3.05) is 0 Å². The number of rotatable bonds is 4. The van der Waals surface area contributed by atoms with Crippen LogP contribution in [-0.4, -0.2) is 31.5 Å². The smallest absolute Gasteiger partial charge is 0.124 e. The Kier molecular flexibility index (Phi) is 5.32. The molecule has 1 aromatic carbocycles. The molecule has 35 heavy (non-hydrogen) atoms. The van der Waals surface area contributed by atoms with Crippen LogP contribution in [0, 0.1) is 35.4 Å². The number of hydrogen-bond acceptors (Lipinski definition) is 6. The monoisotopic (exact) mass is 483 g/mol. The Hall–Kier alpha value is -3.66. The van der Waals surface area contributed by atoms with E-state index >= 15 is 0 Å². The second-order valence-electron chi connectivity index (χ2n) is 9.26. The lowest BCUT2D eigenvalue weighted by Gasteiger charge is -2.30. The molecule has 174 valence electrons. The van der Waals surface area contributed by atoms with Crippen molar-refractivity contribution in [3.8, 4) is 23.3 Å². The zero-order valence-electron chi connectivity index (χ0n) is 19.1. The summed E-state index contributed by atoms with van der Waals surface area (Å²) in [5.41, 5.74) is 4.38. The van der Waals surface area contributed by atoms with Gasteiger partial charge in [-0.15, -0.1) is 0 Å². The maximum Gasteiger partial charge on any atom is 0.124 e. The fourth-order valence-corrected chi connectivity index (χ4v) is 6.56. The van der Waals surface area contributed by atoms with Gasteiger partial charge in [0.1, 0.15) is 18.0 Å². The molecule has 0 saturated carbocycles. The van der Waals surface area contributed by atoms with Gasteiger partial charge in [-0.3, -0.25) is 4.68 Å². The highest BCUT2D eigenvalue weighted by atomic mass is 32.2. The zero-order chi connectivity index (χ0) is 24.1. The van der Waals surface area contributed by atoms with Gasteiger partial charge in [0, 0.05) is 44.9 Å². The Morgan fingerprint density at radius 1 is 1.03 bits per heavy atom. The highest BCUT2D eigenvalue weighted by Crippen LogP contribution is 2.39. The van der Waals surface area contributed by atoms with Crippen molar-refractivity contribution in [1.82, 2.24) is 24.7 Å². The van der Waals surface area contributed by atoms with E-state index in [0.717, 1.165) is 34.6 Å². The zero-order valence-corrected chi connectivity index (χ0v) is 19.9. The Labute approximate surface area is 206 Å². The van der Waals surface area contributed by atoms with E-state index in [4.69, 9.17) is 5.10 Å². The predicted molar refractivity (Wildman–Crippen MR) is 129 cm³/mol.